The van der Waals surface area contributed by atoms with Crippen LogP contribution in [-0.2, 0) is 14.4 Å². The Morgan fingerprint density at radius 3 is 2.33 bits per heavy atom. The summed E-state index contributed by atoms with van der Waals surface area (Å²) < 4.78 is 0. The van der Waals surface area contributed by atoms with Crippen molar-refractivity contribution < 1.29 is 24.6 Å². The molecule has 5 nitrogen and oxygen atoms in total. The number of hydrogen-bond donors (Lipinski definition) is 2. The number of hydrogen-bond acceptors (Lipinski definition) is 4. The SMILES string of the molecule is CC(=O)[C@@H]1C=C[C@@](C)(C(=O)O)[C@H]2C=C(C)C(=O)[C@](C)(O)[C@H]12. The second-order valence-electron chi connectivity index (χ2n) is 6.46. The lowest BCUT2D eigenvalue weighted by molar-refractivity contribution is -0.160. The van der Waals surface area contributed by atoms with Crippen LogP contribution in [0.25, 0.3) is 0 Å². The highest BCUT2D eigenvalue weighted by atomic mass is 16.4. The van der Waals surface area contributed by atoms with Crippen molar-refractivity contribution in [2.75, 3.05) is 0 Å². The first kappa shape index (κ1) is 15.6. The fourth-order valence-electron chi connectivity index (χ4n) is 3.60. The average molecular weight is 292 g/mol. The van der Waals surface area contributed by atoms with E-state index in [1.165, 1.54) is 26.0 Å². The molecule has 0 bridgehead atoms. The Kier molecular flexibility index (Phi) is 3.45. The van der Waals surface area contributed by atoms with Crippen molar-refractivity contribution in [3.8, 4) is 0 Å². The molecule has 0 radical (unpaired) electrons. The number of rotatable bonds is 2. The molecule has 5 atom stereocenters. The van der Waals surface area contributed by atoms with Crippen molar-refractivity contribution in [3.63, 3.8) is 0 Å². The van der Waals surface area contributed by atoms with Crippen molar-refractivity contribution >= 4 is 17.5 Å². The molecule has 2 N–H and O–H groups in total. The molecule has 5 heteroatoms. The predicted octanol–water partition coefficient (Wildman–Crippen LogP) is 1.36. The molecule has 0 heterocycles. The molecule has 0 amide bonds. The average Bonchev–Trinajstić information content (AvgIpc) is 2.37. The molecule has 21 heavy (non-hydrogen) atoms. The van der Waals surface area contributed by atoms with Crippen LogP contribution in [-0.4, -0.2) is 33.3 Å². The van der Waals surface area contributed by atoms with Gasteiger partial charge in [0.1, 0.15) is 11.4 Å². The Bertz CT molecular complexity index is 583. The van der Waals surface area contributed by atoms with Gasteiger partial charge in [-0.25, -0.2) is 0 Å². The minimum atomic E-state index is -1.75. The summed E-state index contributed by atoms with van der Waals surface area (Å²) in [5.41, 5.74) is -2.66. The highest BCUT2D eigenvalue weighted by Crippen LogP contribution is 2.51. The van der Waals surface area contributed by atoms with Gasteiger partial charge in [0.25, 0.3) is 0 Å². The maximum atomic E-state index is 12.2. The van der Waals surface area contributed by atoms with Crippen LogP contribution in [0, 0.1) is 23.2 Å². The molecule has 0 unspecified atom stereocenters. The Hall–Kier alpha value is -1.75. The van der Waals surface area contributed by atoms with E-state index in [4.69, 9.17) is 0 Å². The van der Waals surface area contributed by atoms with E-state index >= 15 is 0 Å². The molecular formula is C16H20O5. The first-order chi connectivity index (χ1) is 9.53. The van der Waals surface area contributed by atoms with Crippen molar-refractivity contribution in [1.29, 1.82) is 0 Å². The van der Waals surface area contributed by atoms with Crippen molar-refractivity contribution in [2.45, 2.75) is 33.3 Å². The predicted molar refractivity (Wildman–Crippen MR) is 75.4 cm³/mol. The molecule has 2 aliphatic carbocycles. The van der Waals surface area contributed by atoms with Crippen LogP contribution < -0.4 is 0 Å². The number of carbonyl (C=O) groups excluding carboxylic acids is 2. The fraction of sp³-hybridized carbons (Fsp3) is 0.562. The zero-order valence-electron chi connectivity index (χ0n) is 12.6. The summed E-state index contributed by atoms with van der Waals surface area (Å²) in [6.45, 7) is 5.88. The Morgan fingerprint density at radius 1 is 1.29 bits per heavy atom. The minimum Gasteiger partial charge on any atom is -0.481 e. The van der Waals surface area contributed by atoms with Crippen molar-refractivity contribution in [3.05, 3.63) is 23.8 Å². The van der Waals surface area contributed by atoms with Gasteiger partial charge in [-0.1, -0.05) is 18.2 Å². The highest BCUT2D eigenvalue weighted by molar-refractivity contribution is 6.03. The van der Waals surface area contributed by atoms with Crippen molar-refractivity contribution in [2.24, 2.45) is 23.2 Å². The maximum absolute atomic E-state index is 12.2. The number of aliphatic hydroxyl groups is 1. The standard InChI is InChI=1S/C16H20O5/c1-8-7-11-12(16(4,21)13(8)18)10(9(2)17)5-6-15(11,3)14(19)20/h5-7,10-12,21H,1-4H3,(H,19,20)/t10-,11-,12+,15+,16+/m0/s1. The van der Waals surface area contributed by atoms with Gasteiger partial charge in [0.2, 0.25) is 0 Å². The fourth-order valence-corrected chi connectivity index (χ4v) is 3.60. The topological polar surface area (TPSA) is 91.7 Å². The molecule has 0 spiro atoms. The van der Waals surface area contributed by atoms with Crippen LogP contribution in [0.1, 0.15) is 27.7 Å². The molecule has 0 aromatic rings. The monoisotopic (exact) mass is 292 g/mol. The first-order valence-corrected chi connectivity index (χ1v) is 6.92. The number of allylic oxidation sites excluding steroid dienone is 2. The number of carboxylic acids is 1. The summed E-state index contributed by atoms with van der Waals surface area (Å²) in [5.74, 6) is -3.71. The molecule has 2 aliphatic rings. The Balaban J connectivity index is 2.71. The Morgan fingerprint density at radius 2 is 1.86 bits per heavy atom. The van der Waals surface area contributed by atoms with Gasteiger partial charge < -0.3 is 10.2 Å². The van der Waals surface area contributed by atoms with Gasteiger partial charge in [-0.3, -0.25) is 14.4 Å². The molecule has 0 saturated heterocycles. The Labute approximate surface area is 123 Å². The quantitative estimate of drug-likeness (QED) is 0.750. The van der Waals surface area contributed by atoms with E-state index in [2.05, 4.69) is 0 Å². The normalized spacial score (nSPS) is 42.2. The molecule has 0 aliphatic heterocycles. The van der Waals surface area contributed by atoms with Gasteiger partial charge in [-0.15, -0.1) is 0 Å². The van der Waals surface area contributed by atoms with Crippen molar-refractivity contribution in [1.82, 2.24) is 0 Å². The zero-order valence-corrected chi connectivity index (χ0v) is 12.6. The van der Waals surface area contributed by atoms with E-state index in [1.807, 2.05) is 0 Å². The lowest BCUT2D eigenvalue weighted by atomic mass is 9.54. The molecule has 114 valence electrons. The number of carbonyl (C=O) groups is 3. The number of carboxylic acid groups (broad SMARTS) is 1. The van der Waals surface area contributed by atoms with E-state index in [0.717, 1.165) is 0 Å². The van der Waals surface area contributed by atoms with E-state index < -0.39 is 40.5 Å². The van der Waals surface area contributed by atoms with Crippen LogP contribution in [0.5, 0.6) is 0 Å². The summed E-state index contributed by atoms with van der Waals surface area (Å²) in [6.07, 6.45) is 4.63. The second-order valence-corrected chi connectivity index (χ2v) is 6.46. The van der Waals surface area contributed by atoms with Gasteiger partial charge in [-0.2, -0.15) is 0 Å². The smallest absolute Gasteiger partial charge is 0.313 e. The van der Waals surface area contributed by atoms with Gasteiger partial charge in [-0.05, 0) is 33.3 Å². The molecule has 0 aromatic heterocycles. The van der Waals surface area contributed by atoms with Crippen LogP contribution in [0.4, 0.5) is 0 Å². The minimum absolute atomic E-state index is 0.185. The van der Waals surface area contributed by atoms with Crippen LogP contribution >= 0.6 is 0 Å². The molecule has 0 saturated carbocycles. The van der Waals surface area contributed by atoms with Gasteiger partial charge in [0, 0.05) is 17.8 Å². The lowest BCUT2D eigenvalue weighted by Crippen LogP contribution is -2.58. The van der Waals surface area contributed by atoms with E-state index in [9.17, 15) is 24.6 Å². The van der Waals surface area contributed by atoms with Gasteiger partial charge in [0.15, 0.2) is 5.78 Å². The number of ketones is 2. The van der Waals surface area contributed by atoms with Gasteiger partial charge in [0.05, 0.1) is 5.41 Å². The summed E-state index contributed by atoms with van der Waals surface area (Å²) >= 11 is 0. The zero-order chi connectivity index (χ0) is 16.2. The number of aliphatic carboxylic acids is 1. The van der Waals surface area contributed by atoms with E-state index in [1.54, 1.807) is 19.9 Å². The summed E-state index contributed by atoms with van der Waals surface area (Å²) in [5, 5.41) is 20.2. The van der Waals surface area contributed by atoms with E-state index in [-0.39, 0.29) is 5.78 Å². The first-order valence-electron chi connectivity index (χ1n) is 6.92. The van der Waals surface area contributed by atoms with E-state index in [0.29, 0.717) is 5.57 Å². The molecule has 0 aromatic carbocycles. The third kappa shape index (κ3) is 2.07. The summed E-state index contributed by atoms with van der Waals surface area (Å²) in [7, 11) is 0. The second kappa shape index (κ2) is 4.63. The highest BCUT2D eigenvalue weighted by Gasteiger charge is 2.58. The third-order valence-corrected chi connectivity index (χ3v) is 4.94. The lowest BCUT2D eigenvalue weighted by Gasteiger charge is -2.49. The largest absolute Gasteiger partial charge is 0.481 e. The summed E-state index contributed by atoms with van der Waals surface area (Å²) in [6, 6.07) is 0. The van der Waals surface area contributed by atoms with Crippen LogP contribution in [0.2, 0.25) is 0 Å². The number of fused-ring (bicyclic) bond motifs is 1. The molecular weight excluding hydrogens is 272 g/mol. The summed E-state index contributed by atoms with van der Waals surface area (Å²) in [4.78, 5) is 35.8. The van der Waals surface area contributed by atoms with Gasteiger partial charge >= 0.3 is 5.97 Å². The van der Waals surface area contributed by atoms with Crippen LogP contribution in [0.15, 0.2) is 23.8 Å². The molecule has 0 fully saturated rings. The molecule has 2 rings (SSSR count). The third-order valence-electron chi connectivity index (χ3n) is 4.94. The maximum Gasteiger partial charge on any atom is 0.313 e. The van der Waals surface area contributed by atoms with Crippen LogP contribution in [0.3, 0.4) is 0 Å². The number of Topliss-reactive ketones (excluding diaryl/α,β-unsaturated/α-hetero) is 2.